The van der Waals surface area contributed by atoms with Gasteiger partial charge in [0.05, 0.1) is 29.4 Å². The van der Waals surface area contributed by atoms with E-state index in [9.17, 15) is 4.79 Å². The first-order chi connectivity index (χ1) is 9.64. The third-order valence-electron chi connectivity index (χ3n) is 4.75. The van der Waals surface area contributed by atoms with E-state index in [2.05, 4.69) is 23.3 Å². The summed E-state index contributed by atoms with van der Waals surface area (Å²) in [5, 5.41) is 12.1. The van der Waals surface area contributed by atoms with Crippen LogP contribution in [0.4, 0.5) is 11.4 Å². The molecular formula is C16H19N3O. The van der Waals surface area contributed by atoms with Crippen molar-refractivity contribution in [3.8, 4) is 6.07 Å². The molecule has 1 aromatic carbocycles. The number of amides is 1. The van der Waals surface area contributed by atoms with Crippen LogP contribution in [0.1, 0.15) is 44.1 Å². The van der Waals surface area contributed by atoms with Crippen LogP contribution in [-0.2, 0) is 4.79 Å². The van der Waals surface area contributed by atoms with Crippen LogP contribution in [0.25, 0.3) is 0 Å². The summed E-state index contributed by atoms with van der Waals surface area (Å²) in [6.07, 6.45) is 6.23. The third kappa shape index (κ3) is 2.03. The highest BCUT2D eigenvalue weighted by molar-refractivity contribution is 5.97. The molecule has 1 aromatic rings. The topological polar surface area (TPSA) is 56.1 Å². The zero-order valence-corrected chi connectivity index (χ0v) is 11.8. The molecule has 1 aliphatic heterocycles. The molecule has 1 heterocycles. The van der Waals surface area contributed by atoms with Gasteiger partial charge in [-0.05, 0) is 31.0 Å². The molecule has 0 radical (unpaired) electrons. The Balaban J connectivity index is 2.09. The van der Waals surface area contributed by atoms with Crippen molar-refractivity contribution in [3.05, 3.63) is 23.8 Å². The standard InChI is InChI=1S/C16H19N3O/c1-19-14-9-12(11-17)5-6-13(14)18-15(20)10-16(19)7-3-2-4-8-16/h5-6,9H,2-4,7-8,10H2,1H3,(H,18,20). The Morgan fingerprint density at radius 2 is 2.05 bits per heavy atom. The Labute approximate surface area is 119 Å². The maximum atomic E-state index is 12.2. The molecule has 1 amide bonds. The second kappa shape index (κ2) is 4.82. The lowest BCUT2D eigenvalue weighted by Crippen LogP contribution is -2.49. The zero-order chi connectivity index (χ0) is 14.2. The smallest absolute Gasteiger partial charge is 0.226 e. The highest BCUT2D eigenvalue weighted by Gasteiger charge is 2.41. The maximum Gasteiger partial charge on any atom is 0.226 e. The lowest BCUT2D eigenvalue weighted by molar-refractivity contribution is -0.117. The van der Waals surface area contributed by atoms with Gasteiger partial charge in [-0.2, -0.15) is 5.26 Å². The number of rotatable bonds is 0. The number of fused-ring (bicyclic) bond motifs is 1. The molecule has 4 heteroatoms. The van der Waals surface area contributed by atoms with Crippen molar-refractivity contribution in [2.24, 2.45) is 0 Å². The van der Waals surface area contributed by atoms with E-state index in [0.717, 1.165) is 24.2 Å². The van der Waals surface area contributed by atoms with Crippen LogP contribution in [0.15, 0.2) is 18.2 Å². The Bertz CT molecular complexity index is 582. The molecule has 0 atom stereocenters. The van der Waals surface area contributed by atoms with Gasteiger partial charge in [0, 0.05) is 12.6 Å². The highest BCUT2D eigenvalue weighted by Crippen LogP contribution is 2.43. The molecule has 1 spiro atoms. The number of benzene rings is 1. The summed E-state index contributed by atoms with van der Waals surface area (Å²) in [5.74, 6) is 0.0854. The van der Waals surface area contributed by atoms with Crippen molar-refractivity contribution in [2.75, 3.05) is 17.3 Å². The van der Waals surface area contributed by atoms with E-state index in [0.29, 0.717) is 12.0 Å². The molecule has 4 nitrogen and oxygen atoms in total. The van der Waals surface area contributed by atoms with Crippen LogP contribution in [0, 0.1) is 11.3 Å². The van der Waals surface area contributed by atoms with E-state index >= 15 is 0 Å². The van der Waals surface area contributed by atoms with Crippen LogP contribution >= 0.6 is 0 Å². The molecule has 0 saturated heterocycles. The molecule has 1 N–H and O–H groups in total. The first-order valence-corrected chi connectivity index (χ1v) is 7.22. The van der Waals surface area contributed by atoms with Crippen LogP contribution < -0.4 is 10.2 Å². The van der Waals surface area contributed by atoms with E-state index in [4.69, 9.17) is 5.26 Å². The van der Waals surface area contributed by atoms with E-state index < -0.39 is 0 Å². The van der Waals surface area contributed by atoms with Crippen LogP contribution in [0.5, 0.6) is 0 Å². The van der Waals surface area contributed by atoms with Crippen molar-refractivity contribution in [1.29, 1.82) is 5.26 Å². The predicted octanol–water partition coefficient (Wildman–Crippen LogP) is 3.04. The number of anilines is 2. The minimum Gasteiger partial charge on any atom is -0.367 e. The summed E-state index contributed by atoms with van der Waals surface area (Å²) in [7, 11) is 2.06. The van der Waals surface area contributed by atoms with Gasteiger partial charge in [0.1, 0.15) is 0 Å². The first kappa shape index (κ1) is 13.0. The van der Waals surface area contributed by atoms with Gasteiger partial charge in [-0.15, -0.1) is 0 Å². The van der Waals surface area contributed by atoms with Gasteiger partial charge < -0.3 is 10.2 Å². The minimum atomic E-state index is -0.0817. The molecule has 1 fully saturated rings. The summed E-state index contributed by atoms with van der Waals surface area (Å²) >= 11 is 0. The Morgan fingerprint density at radius 3 is 2.75 bits per heavy atom. The summed E-state index contributed by atoms with van der Waals surface area (Å²) in [4.78, 5) is 14.5. The highest BCUT2D eigenvalue weighted by atomic mass is 16.1. The molecular weight excluding hydrogens is 250 g/mol. The van der Waals surface area contributed by atoms with Crippen molar-refractivity contribution in [2.45, 2.75) is 44.1 Å². The Hall–Kier alpha value is -2.02. The SMILES string of the molecule is CN1c2cc(C#N)ccc2NC(=O)CC12CCCCC2. The van der Waals surface area contributed by atoms with Crippen LogP contribution in [0.2, 0.25) is 0 Å². The van der Waals surface area contributed by atoms with Gasteiger partial charge in [0.15, 0.2) is 0 Å². The van der Waals surface area contributed by atoms with E-state index in [1.165, 1.54) is 19.3 Å². The summed E-state index contributed by atoms with van der Waals surface area (Å²) in [5.41, 5.74) is 2.34. The van der Waals surface area contributed by atoms with E-state index in [1.807, 2.05) is 12.1 Å². The molecule has 20 heavy (non-hydrogen) atoms. The lowest BCUT2D eigenvalue weighted by Gasteiger charge is -2.44. The largest absolute Gasteiger partial charge is 0.367 e. The van der Waals surface area contributed by atoms with Gasteiger partial charge in [-0.3, -0.25) is 4.79 Å². The molecule has 1 saturated carbocycles. The number of carbonyl (C=O) groups is 1. The molecule has 0 bridgehead atoms. The molecule has 3 rings (SSSR count). The molecule has 0 unspecified atom stereocenters. The fourth-order valence-corrected chi connectivity index (χ4v) is 3.57. The number of nitrogens with one attached hydrogen (secondary N) is 1. The third-order valence-corrected chi connectivity index (χ3v) is 4.75. The van der Waals surface area contributed by atoms with Gasteiger partial charge in [0.25, 0.3) is 0 Å². The Kier molecular flexibility index (Phi) is 3.13. The quantitative estimate of drug-likeness (QED) is 0.787. The van der Waals surface area contributed by atoms with Gasteiger partial charge in [0.2, 0.25) is 5.91 Å². The normalized spacial score (nSPS) is 20.8. The molecule has 1 aliphatic carbocycles. The average molecular weight is 269 g/mol. The predicted molar refractivity (Wildman–Crippen MR) is 78.6 cm³/mol. The van der Waals surface area contributed by atoms with Gasteiger partial charge in [-0.25, -0.2) is 0 Å². The first-order valence-electron chi connectivity index (χ1n) is 7.22. The van der Waals surface area contributed by atoms with Crippen molar-refractivity contribution >= 4 is 17.3 Å². The number of nitriles is 1. The fourth-order valence-electron chi connectivity index (χ4n) is 3.57. The summed E-state index contributed by atoms with van der Waals surface area (Å²) < 4.78 is 0. The van der Waals surface area contributed by atoms with Crippen molar-refractivity contribution in [3.63, 3.8) is 0 Å². The van der Waals surface area contributed by atoms with Crippen LogP contribution in [-0.4, -0.2) is 18.5 Å². The fraction of sp³-hybridized carbons (Fsp3) is 0.500. The number of nitrogens with zero attached hydrogens (tertiary/aromatic N) is 2. The van der Waals surface area contributed by atoms with Gasteiger partial charge >= 0.3 is 0 Å². The number of hydrogen-bond acceptors (Lipinski definition) is 3. The summed E-state index contributed by atoms with van der Waals surface area (Å²) in [6, 6.07) is 7.66. The maximum absolute atomic E-state index is 12.2. The zero-order valence-electron chi connectivity index (χ0n) is 11.8. The van der Waals surface area contributed by atoms with Crippen LogP contribution in [0.3, 0.4) is 0 Å². The van der Waals surface area contributed by atoms with Crippen molar-refractivity contribution < 1.29 is 4.79 Å². The number of carbonyl (C=O) groups excluding carboxylic acids is 1. The second-order valence-corrected chi connectivity index (χ2v) is 5.91. The average Bonchev–Trinajstić information content (AvgIpc) is 2.56. The molecule has 104 valence electrons. The summed E-state index contributed by atoms with van der Waals surface area (Å²) in [6.45, 7) is 0. The van der Waals surface area contributed by atoms with Gasteiger partial charge in [-0.1, -0.05) is 19.3 Å². The van der Waals surface area contributed by atoms with E-state index in [1.54, 1.807) is 6.07 Å². The molecule has 0 aromatic heterocycles. The molecule has 2 aliphatic rings. The number of hydrogen-bond donors (Lipinski definition) is 1. The van der Waals surface area contributed by atoms with E-state index in [-0.39, 0.29) is 11.4 Å². The van der Waals surface area contributed by atoms with Crippen molar-refractivity contribution in [1.82, 2.24) is 0 Å². The second-order valence-electron chi connectivity index (χ2n) is 5.91. The monoisotopic (exact) mass is 269 g/mol. The minimum absolute atomic E-state index is 0.0817. The lowest BCUT2D eigenvalue weighted by atomic mass is 9.78. The Morgan fingerprint density at radius 1 is 1.30 bits per heavy atom.